The van der Waals surface area contributed by atoms with E-state index in [1.54, 1.807) is 6.07 Å². The van der Waals surface area contributed by atoms with Crippen LogP contribution in [0.2, 0.25) is 0 Å². The first-order chi connectivity index (χ1) is 7.71. The van der Waals surface area contributed by atoms with Gasteiger partial charge in [-0.05, 0) is 39.0 Å². The van der Waals surface area contributed by atoms with Gasteiger partial charge in [0.15, 0.2) is 11.6 Å². The number of likely N-dealkylation sites (tertiary alicyclic amines) is 1. The van der Waals surface area contributed by atoms with E-state index in [0.717, 1.165) is 31.5 Å². The summed E-state index contributed by atoms with van der Waals surface area (Å²) in [6.45, 7) is 2.79. The van der Waals surface area contributed by atoms with Gasteiger partial charge in [0.05, 0.1) is 6.61 Å². The quantitative estimate of drug-likeness (QED) is 0.666. The summed E-state index contributed by atoms with van der Waals surface area (Å²) in [5, 5.41) is 0. The van der Waals surface area contributed by atoms with E-state index < -0.39 is 0 Å². The van der Waals surface area contributed by atoms with Crippen LogP contribution in [0.5, 0.6) is 5.75 Å². The van der Waals surface area contributed by atoms with Crippen molar-refractivity contribution < 1.29 is 9.13 Å². The molecule has 2 aliphatic heterocycles. The Bertz CT molecular complexity index is 410. The van der Waals surface area contributed by atoms with Gasteiger partial charge in [-0.25, -0.2) is 4.39 Å². The Morgan fingerprint density at radius 1 is 1.31 bits per heavy atom. The zero-order valence-electron chi connectivity index (χ0n) is 9.50. The predicted molar refractivity (Wildman–Crippen MR) is 60.3 cm³/mol. The van der Waals surface area contributed by atoms with Crippen LogP contribution >= 0.6 is 0 Å². The highest BCUT2D eigenvalue weighted by Gasteiger charge is 2.43. The second-order valence-corrected chi connectivity index (χ2v) is 4.99. The van der Waals surface area contributed by atoms with Crippen LogP contribution in [-0.4, -0.2) is 31.6 Å². The molecule has 3 heteroatoms. The van der Waals surface area contributed by atoms with Crippen molar-refractivity contribution in [2.24, 2.45) is 0 Å². The van der Waals surface area contributed by atoms with E-state index in [9.17, 15) is 4.39 Å². The maximum atomic E-state index is 13.6. The van der Waals surface area contributed by atoms with Crippen LogP contribution in [0.4, 0.5) is 4.39 Å². The van der Waals surface area contributed by atoms with Crippen molar-refractivity contribution in [1.29, 1.82) is 0 Å². The number of rotatable bonds is 0. The van der Waals surface area contributed by atoms with Gasteiger partial charge in [0.2, 0.25) is 0 Å². The molecule has 86 valence electrons. The summed E-state index contributed by atoms with van der Waals surface area (Å²) >= 11 is 0. The lowest BCUT2D eigenvalue weighted by atomic mass is 9.74. The molecule has 0 bridgehead atoms. The summed E-state index contributed by atoms with van der Waals surface area (Å²) in [5.74, 6) is 0.278. The highest BCUT2D eigenvalue weighted by atomic mass is 19.1. The molecule has 1 saturated heterocycles. The van der Waals surface area contributed by atoms with E-state index in [-0.39, 0.29) is 11.2 Å². The van der Waals surface area contributed by atoms with E-state index in [1.165, 1.54) is 6.07 Å². The summed E-state index contributed by atoms with van der Waals surface area (Å²) in [6.07, 6.45) is 2.14. The van der Waals surface area contributed by atoms with Crippen molar-refractivity contribution in [2.45, 2.75) is 18.3 Å². The van der Waals surface area contributed by atoms with Crippen molar-refractivity contribution >= 4 is 0 Å². The average molecular weight is 221 g/mol. The van der Waals surface area contributed by atoms with Gasteiger partial charge < -0.3 is 9.64 Å². The molecule has 0 aliphatic carbocycles. The normalized spacial score (nSPS) is 23.1. The van der Waals surface area contributed by atoms with Gasteiger partial charge in [0.25, 0.3) is 0 Å². The zero-order valence-corrected chi connectivity index (χ0v) is 9.50. The molecule has 0 amide bonds. The molecule has 16 heavy (non-hydrogen) atoms. The lowest BCUT2D eigenvalue weighted by Gasteiger charge is -2.36. The molecular weight excluding hydrogens is 205 g/mol. The average Bonchev–Trinajstić information content (AvgIpc) is 2.64. The van der Waals surface area contributed by atoms with Crippen molar-refractivity contribution in [3.63, 3.8) is 0 Å². The molecule has 1 aromatic rings. The SMILES string of the molecule is CN1CCC2(CC1)COc1c(F)cccc12. The Hall–Kier alpha value is -1.09. The van der Waals surface area contributed by atoms with Gasteiger partial charge in [0, 0.05) is 11.0 Å². The van der Waals surface area contributed by atoms with E-state index >= 15 is 0 Å². The molecule has 1 aromatic carbocycles. The molecular formula is C13H16FNO. The molecule has 1 spiro atoms. The second-order valence-electron chi connectivity index (χ2n) is 4.99. The zero-order chi connectivity index (χ0) is 11.2. The lowest BCUT2D eigenvalue weighted by Crippen LogP contribution is -2.41. The van der Waals surface area contributed by atoms with Crippen molar-refractivity contribution in [1.82, 2.24) is 4.90 Å². The maximum Gasteiger partial charge on any atom is 0.165 e. The summed E-state index contributed by atoms with van der Waals surface area (Å²) in [5.41, 5.74) is 1.16. The molecule has 0 saturated carbocycles. The van der Waals surface area contributed by atoms with E-state index in [2.05, 4.69) is 11.9 Å². The maximum absolute atomic E-state index is 13.6. The summed E-state index contributed by atoms with van der Waals surface area (Å²) in [7, 11) is 2.13. The number of halogens is 1. The predicted octanol–water partition coefficient (Wildman–Crippen LogP) is 2.18. The number of hydrogen-bond donors (Lipinski definition) is 0. The fourth-order valence-electron chi connectivity index (χ4n) is 2.82. The van der Waals surface area contributed by atoms with Gasteiger partial charge in [0.1, 0.15) is 0 Å². The molecule has 0 N–H and O–H groups in total. The minimum Gasteiger partial charge on any atom is -0.489 e. The summed E-state index contributed by atoms with van der Waals surface area (Å²) in [6, 6.07) is 5.30. The third kappa shape index (κ3) is 1.34. The molecule has 2 heterocycles. The molecule has 0 aromatic heterocycles. The highest BCUT2D eigenvalue weighted by Crippen LogP contribution is 2.46. The van der Waals surface area contributed by atoms with Crippen LogP contribution < -0.4 is 4.74 Å². The summed E-state index contributed by atoms with van der Waals surface area (Å²) in [4.78, 5) is 2.32. The molecule has 3 rings (SSSR count). The Labute approximate surface area is 95.0 Å². The number of piperidine rings is 1. The minimum absolute atomic E-state index is 0.0734. The van der Waals surface area contributed by atoms with Gasteiger partial charge in [-0.15, -0.1) is 0 Å². The van der Waals surface area contributed by atoms with Gasteiger partial charge in [-0.2, -0.15) is 0 Å². The first-order valence-corrected chi connectivity index (χ1v) is 5.82. The van der Waals surface area contributed by atoms with Crippen LogP contribution in [0.25, 0.3) is 0 Å². The number of nitrogens with zero attached hydrogens (tertiary/aromatic N) is 1. The number of fused-ring (bicyclic) bond motifs is 2. The molecule has 1 fully saturated rings. The van der Waals surface area contributed by atoms with Crippen LogP contribution in [-0.2, 0) is 5.41 Å². The fraction of sp³-hybridized carbons (Fsp3) is 0.538. The van der Waals surface area contributed by atoms with E-state index in [0.29, 0.717) is 12.4 Å². The van der Waals surface area contributed by atoms with E-state index in [1.807, 2.05) is 6.07 Å². The number of ether oxygens (including phenoxy) is 1. The van der Waals surface area contributed by atoms with E-state index in [4.69, 9.17) is 4.74 Å². The smallest absolute Gasteiger partial charge is 0.165 e. The number of hydrogen-bond acceptors (Lipinski definition) is 2. The second kappa shape index (κ2) is 3.45. The fourth-order valence-corrected chi connectivity index (χ4v) is 2.82. The summed E-state index contributed by atoms with van der Waals surface area (Å²) < 4.78 is 19.1. The molecule has 0 unspecified atom stereocenters. The first-order valence-electron chi connectivity index (χ1n) is 5.82. The van der Waals surface area contributed by atoms with Crippen molar-refractivity contribution in [3.05, 3.63) is 29.6 Å². The Kier molecular flexibility index (Phi) is 2.18. The topological polar surface area (TPSA) is 12.5 Å². The largest absolute Gasteiger partial charge is 0.489 e. The van der Waals surface area contributed by atoms with Crippen LogP contribution in [0.1, 0.15) is 18.4 Å². The third-order valence-corrected chi connectivity index (χ3v) is 3.98. The van der Waals surface area contributed by atoms with Gasteiger partial charge >= 0.3 is 0 Å². The van der Waals surface area contributed by atoms with Crippen molar-refractivity contribution in [3.8, 4) is 5.75 Å². The lowest BCUT2D eigenvalue weighted by molar-refractivity contribution is 0.154. The number of para-hydroxylation sites is 1. The molecule has 0 atom stereocenters. The first kappa shape index (κ1) is 10.1. The monoisotopic (exact) mass is 221 g/mol. The van der Waals surface area contributed by atoms with Crippen LogP contribution in [0, 0.1) is 5.82 Å². The third-order valence-electron chi connectivity index (χ3n) is 3.98. The van der Waals surface area contributed by atoms with Crippen molar-refractivity contribution in [2.75, 3.05) is 26.7 Å². The number of benzene rings is 1. The van der Waals surface area contributed by atoms with Crippen LogP contribution in [0.3, 0.4) is 0 Å². The Balaban J connectivity index is 1.99. The Morgan fingerprint density at radius 3 is 2.81 bits per heavy atom. The molecule has 2 nitrogen and oxygen atoms in total. The Morgan fingerprint density at radius 2 is 2.06 bits per heavy atom. The molecule has 2 aliphatic rings. The van der Waals surface area contributed by atoms with Crippen LogP contribution in [0.15, 0.2) is 18.2 Å². The molecule has 0 radical (unpaired) electrons. The minimum atomic E-state index is -0.215. The van der Waals surface area contributed by atoms with Gasteiger partial charge in [-0.1, -0.05) is 12.1 Å². The van der Waals surface area contributed by atoms with Gasteiger partial charge in [-0.3, -0.25) is 0 Å². The standard InChI is InChI=1S/C13H16FNO/c1-15-7-5-13(6-8-15)9-16-12-10(13)3-2-4-11(12)14/h2-4H,5-9H2,1H3. The highest BCUT2D eigenvalue weighted by molar-refractivity contribution is 5.45.